The highest BCUT2D eigenvalue weighted by atomic mass is 16.4. The van der Waals surface area contributed by atoms with E-state index in [0.29, 0.717) is 31.4 Å². The molecule has 2 aliphatic heterocycles. The Labute approximate surface area is 169 Å². The van der Waals surface area contributed by atoms with E-state index in [4.69, 9.17) is 5.11 Å². The average molecular weight is 396 g/mol. The van der Waals surface area contributed by atoms with Crippen LogP contribution in [-0.2, 0) is 20.9 Å². The second-order valence-corrected chi connectivity index (χ2v) is 7.37. The molecule has 0 bridgehead atoms. The third kappa shape index (κ3) is 4.48. The molecule has 1 saturated heterocycles. The normalized spacial score (nSPS) is 18.5. The molecule has 7 heteroatoms. The zero-order valence-corrected chi connectivity index (χ0v) is 16.4. The lowest BCUT2D eigenvalue weighted by Gasteiger charge is -2.33. The van der Waals surface area contributed by atoms with Crippen molar-refractivity contribution in [3.8, 4) is 11.8 Å². The Balaban J connectivity index is 1.66. The lowest BCUT2D eigenvalue weighted by atomic mass is 10.0. The molecular formula is C22H24N2O5. The summed E-state index contributed by atoms with van der Waals surface area (Å²) in [6.07, 6.45) is 3.73. The van der Waals surface area contributed by atoms with Gasteiger partial charge in [0.05, 0.1) is 0 Å². The number of carbonyl (C=O) groups excluding carboxylic acids is 3. The summed E-state index contributed by atoms with van der Waals surface area (Å²) in [7, 11) is 1.46. The third-order valence-corrected chi connectivity index (χ3v) is 5.41. The number of nitrogens with zero attached hydrogens (tertiary/aromatic N) is 2. The molecule has 2 aliphatic rings. The van der Waals surface area contributed by atoms with Crippen LogP contribution in [0.25, 0.3) is 0 Å². The summed E-state index contributed by atoms with van der Waals surface area (Å²) >= 11 is 0. The summed E-state index contributed by atoms with van der Waals surface area (Å²) in [4.78, 5) is 50.2. The topological polar surface area (TPSA) is 95.0 Å². The Hall–Kier alpha value is -3.14. The minimum atomic E-state index is -0.780. The standard InChI is InChI=1S/C22H24N2O5/c1-23-19(25)13-12-18(22(23)29)24-14-17-15(9-7-10-16(17)21(24)28)8-5-3-2-4-6-11-20(26)27/h7,9-10,18H,2-4,6,11-14H2,1H3,(H,26,27). The number of unbranched alkanes of at least 4 members (excludes halogenated alkanes) is 3. The molecule has 1 aromatic carbocycles. The van der Waals surface area contributed by atoms with Gasteiger partial charge in [-0.05, 0) is 37.0 Å². The van der Waals surface area contributed by atoms with Gasteiger partial charge in [-0.2, -0.15) is 0 Å². The molecule has 0 aliphatic carbocycles. The molecule has 152 valence electrons. The maximum absolute atomic E-state index is 12.9. The van der Waals surface area contributed by atoms with Gasteiger partial charge < -0.3 is 10.0 Å². The molecule has 3 rings (SSSR count). The first-order chi connectivity index (χ1) is 13.9. The van der Waals surface area contributed by atoms with Gasteiger partial charge in [0.2, 0.25) is 5.91 Å². The van der Waals surface area contributed by atoms with Gasteiger partial charge in [0, 0.05) is 44.0 Å². The lowest BCUT2D eigenvalue weighted by Crippen LogP contribution is -2.53. The van der Waals surface area contributed by atoms with Crippen LogP contribution in [0.5, 0.6) is 0 Å². The molecule has 2 heterocycles. The number of imide groups is 1. The Morgan fingerprint density at radius 1 is 1.21 bits per heavy atom. The van der Waals surface area contributed by atoms with Gasteiger partial charge in [0.15, 0.2) is 0 Å². The van der Waals surface area contributed by atoms with Crippen LogP contribution in [0.2, 0.25) is 0 Å². The van der Waals surface area contributed by atoms with Gasteiger partial charge >= 0.3 is 5.97 Å². The molecule has 3 amide bonds. The smallest absolute Gasteiger partial charge is 0.303 e. The van der Waals surface area contributed by atoms with Gasteiger partial charge in [-0.1, -0.05) is 24.3 Å². The van der Waals surface area contributed by atoms with Crippen molar-refractivity contribution in [2.45, 2.75) is 57.5 Å². The highest BCUT2D eigenvalue weighted by molar-refractivity contribution is 6.05. The Bertz CT molecular complexity index is 912. The van der Waals surface area contributed by atoms with Crippen LogP contribution in [0.15, 0.2) is 18.2 Å². The van der Waals surface area contributed by atoms with Crippen LogP contribution in [0, 0.1) is 11.8 Å². The quantitative estimate of drug-likeness (QED) is 0.452. The summed E-state index contributed by atoms with van der Waals surface area (Å²) in [5, 5.41) is 8.64. The second kappa shape index (κ2) is 8.91. The maximum atomic E-state index is 12.9. The summed E-state index contributed by atoms with van der Waals surface area (Å²) < 4.78 is 0. The molecular weight excluding hydrogens is 372 g/mol. The predicted octanol–water partition coefficient (Wildman–Crippen LogP) is 2.18. The number of amides is 3. The average Bonchev–Trinajstić information content (AvgIpc) is 3.03. The van der Waals surface area contributed by atoms with Crippen molar-refractivity contribution in [3.05, 3.63) is 34.9 Å². The van der Waals surface area contributed by atoms with Crippen LogP contribution >= 0.6 is 0 Å². The van der Waals surface area contributed by atoms with Crippen molar-refractivity contribution < 1.29 is 24.3 Å². The highest BCUT2D eigenvalue weighted by Crippen LogP contribution is 2.30. The van der Waals surface area contributed by atoms with Crippen molar-refractivity contribution in [3.63, 3.8) is 0 Å². The van der Waals surface area contributed by atoms with E-state index in [1.165, 1.54) is 7.05 Å². The molecule has 1 aromatic rings. The van der Waals surface area contributed by atoms with Crippen LogP contribution in [0.4, 0.5) is 0 Å². The SMILES string of the molecule is CN1C(=O)CCC(N2Cc3c(C#CCCCCCC(=O)O)cccc3C2=O)C1=O. The van der Waals surface area contributed by atoms with E-state index in [1.54, 1.807) is 17.0 Å². The van der Waals surface area contributed by atoms with Gasteiger partial charge in [-0.25, -0.2) is 0 Å². The Morgan fingerprint density at radius 3 is 2.76 bits per heavy atom. The van der Waals surface area contributed by atoms with Crippen LogP contribution in [0.1, 0.15) is 66.4 Å². The minimum Gasteiger partial charge on any atom is -0.481 e. The van der Waals surface area contributed by atoms with E-state index >= 15 is 0 Å². The Morgan fingerprint density at radius 2 is 2.00 bits per heavy atom. The lowest BCUT2D eigenvalue weighted by molar-refractivity contribution is -0.150. The molecule has 0 spiro atoms. The van der Waals surface area contributed by atoms with Gasteiger partial charge in [-0.15, -0.1) is 0 Å². The molecule has 0 radical (unpaired) electrons. The van der Waals surface area contributed by atoms with Crippen molar-refractivity contribution in [1.29, 1.82) is 0 Å². The molecule has 1 N–H and O–H groups in total. The number of rotatable bonds is 6. The van der Waals surface area contributed by atoms with Crippen molar-refractivity contribution in [2.75, 3.05) is 7.05 Å². The summed E-state index contributed by atoms with van der Waals surface area (Å²) in [5.41, 5.74) is 2.16. The summed E-state index contributed by atoms with van der Waals surface area (Å²) in [6.45, 7) is 0.316. The largest absolute Gasteiger partial charge is 0.481 e. The summed E-state index contributed by atoms with van der Waals surface area (Å²) in [5.74, 6) is 4.69. The van der Waals surface area contributed by atoms with Crippen molar-refractivity contribution >= 4 is 23.7 Å². The van der Waals surface area contributed by atoms with Gasteiger partial charge in [-0.3, -0.25) is 24.1 Å². The third-order valence-electron chi connectivity index (χ3n) is 5.41. The molecule has 0 aromatic heterocycles. The first kappa shape index (κ1) is 20.6. The van der Waals surface area contributed by atoms with Gasteiger partial charge in [0.1, 0.15) is 6.04 Å². The number of aliphatic carboxylic acids is 1. The predicted molar refractivity (Wildman–Crippen MR) is 105 cm³/mol. The van der Waals surface area contributed by atoms with E-state index in [1.807, 2.05) is 6.07 Å². The molecule has 7 nitrogen and oxygen atoms in total. The van der Waals surface area contributed by atoms with E-state index in [2.05, 4.69) is 11.8 Å². The number of hydrogen-bond acceptors (Lipinski definition) is 4. The number of carboxylic acid groups (broad SMARTS) is 1. The van der Waals surface area contributed by atoms with E-state index in [-0.39, 0.29) is 30.6 Å². The monoisotopic (exact) mass is 396 g/mol. The highest BCUT2D eigenvalue weighted by Gasteiger charge is 2.41. The fourth-order valence-electron chi connectivity index (χ4n) is 3.73. The molecule has 1 unspecified atom stereocenters. The van der Waals surface area contributed by atoms with Crippen molar-refractivity contribution in [1.82, 2.24) is 9.80 Å². The number of benzene rings is 1. The number of carbonyl (C=O) groups is 4. The first-order valence-electron chi connectivity index (χ1n) is 9.84. The number of hydrogen-bond donors (Lipinski definition) is 1. The molecule has 1 atom stereocenters. The van der Waals surface area contributed by atoms with Crippen LogP contribution in [-0.4, -0.2) is 51.7 Å². The van der Waals surface area contributed by atoms with Crippen molar-refractivity contribution in [2.24, 2.45) is 0 Å². The molecule has 29 heavy (non-hydrogen) atoms. The summed E-state index contributed by atoms with van der Waals surface area (Å²) in [6, 6.07) is 4.78. The zero-order chi connectivity index (χ0) is 21.0. The van der Waals surface area contributed by atoms with Gasteiger partial charge in [0.25, 0.3) is 11.8 Å². The second-order valence-electron chi connectivity index (χ2n) is 7.37. The van der Waals surface area contributed by atoms with Crippen LogP contribution < -0.4 is 0 Å². The number of fused-ring (bicyclic) bond motifs is 1. The molecule has 1 fully saturated rings. The Kier molecular flexibility index (Phi) is 6.32. The zero-order valence-electron chi connectivity index (χ0n) is 16.4. The van der Waals surface area contributed by atoms with E-state index < -0.39 is 12.0 Å². The fraction of sp³-hybridized carbons (Fsp3) is 0.455. The minimum absolute atomic E-state index is 0.179. The number of carboxylic acids is 1. The fourth-order valence-corrected chi connectivity index (χ4v) is 3.73. The van der Waals surface area contributed by atoms with E-state index in [0.717, 1.165) is 28.9 Å². The number of likely N-dealkylation sites (N-methyl/N-ethyl adjacent to an activating group) is 1. The van der Waals surface area contributed by atoms with E-state index in [9.17, 15) is 19.2 Å². The van der Waals surface area contributed by atoms with Crippen LogP contribution in [0.3, 0.4) is 0 Å². The number of likely N-dealkylation sites (tertiary alicyclic amines) is 1. The maximum Gasteiger partial charge on any atom is 0.303 e. The number of piperidine rings is 1. The molecule has 0 saturated carbocycles. The first-order valence-corrected chi connectivity index (χ1v) is 9.84.